The molecule has 4 aromatic rings. The number of nitrogens with one attached hydrogen (secondary N) is 1. The van der Waals surface area contributed by atoms with E-state index in [2.05, 4.69) is 15.3 Å². The first-order valence-electron chi connectivity index (χ1n) is 11.0. The number of para-hydroxylation sites is 1. The number of hydrogen-bond donors (Lipinski definition) is 1. The molecule has 1 saturated heterocycles. The van der Waals surface area contributed by atoms with Gasteiger partial charge in [-0.1, -0.05) is 41.9 Å². The van der Waals surface area contributed by atoms with E-state index in [1.54, 1.807) is 42.5 Å². The van der Waals surface area contributed by atoms with E-state index in [1.165, 1.54) is 6.07 Å². The molecule has 7 nitrogen and oxygen atoms in total. The van der Waals surface area contributed by atoms with Gasteiger partial charge in [0.15, 0.2) is 5.82 Å². The first-order chi connectivity index (χ1) is 16.5. The monoisotopic (exact) mass is 499 g/mol. The highest BCUT2D eigenvalue weighted by Crippen LogP contribution is 2.32. The molecule has 5 rings (SSSR count). The maximum Gasteiger partial charge on any atom is 0.265 e. The second kappa shape index (κ2) is 9.32. The summed E-state index contributed by atoms with van der Waals surface area (Å²) in [5.74, 6) is 0.600. The number of anilines is 2. The van der Waals surface area contributed by atoms with E-state index >= 15 is 0 Å². The summed E-state index contributed by atoms with van der Waals surface area (Å²) in [6.45, 7) is 1.71. The van der Waals surface area contributed by atoms with Gasteiger partial charge in [0, 0.05) is 42.0 Å². The summed E-state index contributed by atoms with van der Waals surface area (Å²) >= 11 is 6.25. The van der Waals surface area contributed by atoms with Gasteiger partial charge in [0.05, 0.1) is 17.0 Å². The Morgan fingerprint density at radius 1 is 1.00 bits per heavy atom. The molecule has 1 aliphatic rings. The third-order valence-corrected chi connectivity index (χ3v) is 8.00. The smallest absolute Gasteiger partial charge is 0.265 e. The van der Waals surface area contributed by atoms with Crippen molar-refractivity contribution >= 4 is 55.1 Å². The van der Waals surface area contributed by atoms with Crippen LogP contribution in [-0.4, -0.2) is 57.8 Å². The maximum absolute atomic E-state index is 13.8. The van der Waals surface area contributed by atoms with Gasteiger partial charge in [0.2, 0.25) is 5.95 Å². The fourth-order valence-electron chi connectivity index (χ4n) is 4.17. The molecule has 0 spiro atoms. The average molecular weight is 500 g/mol. The molecular formula is C24H23ClFN5O2S. The molecule has 0 amide bonds. The fourth-order valence-corrected chi connectivity index (χ4v) is 5.86. The zero-order valence-electron chi connectivity index (χ0n) is 18.3. The summed E-state index contributed by atoms with van der Waals surface area (Å²) in [6, 6.07) is 17.2. The molecule has 34 heavy (non-hydrogen) atoms. The van der Waals surface area contributed by atoms with Gasteiger partial charge in [-0.3, -0.25) is 0 Å². The Labute approximate surface area is 202 Å². The van der Waals surface area contributed by atoms with Gasteiger partial charge in [-0.2, -0.15) is 4.98 Å². The predicted octanol–water partition coefficient (Wildman–Crippen LogP) is 4.01. The Kier molecular flexibility index (Phi) is 6.24. The summed E-state index contributed by atoms with van der Waals surface area (Å²) in [6.07, 6.45) is 0. The van der Waals surface area contributed by atoms with Crippen molar-refractivity contribution < 1.29 is 12.8 Å². The lowest BCUT2D eigenvalue weighted by Crippen LogP contribution is -2.44. The lowest BCUT2D eigenvalue weighted by Gasteiger charge is -2.29. The molecule has 0 unspecified atom stereocenters. The van der Waals surface area contributed by atoms with Gasteiger partial charge in [-0.15, -0.1) is 0 Å². The second-order valence-corrected chi connectivity index (χ2v) is 10.3. The quantitative estimate of drug-likeness (QED) is 0.432. The summed E-state index contributed by atoms with van der Waals surface area (Å²) in [5.41, 5.74) is 0.602. The lowest BCUT2D eigenvalue weighted by molar-refractivity contribution is 0.499. The molecule has 1 N–H and O–H groups in total. The van der Waals surface area contributed by atoms with E-state index in [4.69, 9.17) is 11.6 Å². The van der Waals surface area contributed by atoms with E-state index in [0.29, 0.717) is 40.3 Å². The molecule has 1 fully saturated rings. The average Bonchev–Trinajstić information content (AvgIpc) is 2.87. The topological polar surface area (TPSA) is 78.4 Å². The van der Waals surface area contributed by atoms with Crippen molar-refractivity contribution in [3.05, 3.63) is 65.7 Å². The van der Waals surface area contributed by atoms with Gasteiger partial charge in [0.25, 0.3) is 10.0 Å². The largest absolute Gasteiger partial charge is 0.338 e. The normalized spacial score (nSPS) is 14.6. The number of rotatable bonds is 6. The molecule has 176 valence electrons. The van der Waals surface area contributed by atoms with Crippen LogP contribution in [0.15, 0.2) is 65.6 Å². The van der Waals surface area contributed by atoms with Gasteiger partial charge >= 0.3 is 0 Å². The number of hydrogen-bond acceptors (Lipinski definition) is 6. The summed E-state index contributed by atoms with van der Waals surface area (Å²) in [5, 5.41) is 5.78. The molecule has 2 heterocycles. The van der Waals surface area contributed by atoms with Gasteiger partial charge in [0.1, 0.15) is 6.67 Å². The summed E-state index contributed by atoms with van der Waals surface area (Å²) in [4.78, 5) is 11.4. The van der Waals surface area contributed by atoms with Crippen LogP contribution >= 0.6 is 11.6 Å². The highest BCUT2D eigenvalue weighted by atomic mass is 35.5. The minimum Gasteiger partial charge on any atom is -0.338 e. The van der Waals surface area contributed by atoms with Crippen LogP contribution in [0, 0.1) is 0 Å². The van der Waals surface area contributed by atoms with Crippen molar-refractivity contribution in [1.82, 2.24) is 15.3 Å². The number of nitrogens with zero attached hydrogens (tertiary/aromatic N) is 4. The Bertz CT molecular complexity index is 1460. The first kappa shape index (κ1) is 22.8. The second-order valence-electron chi connectivity index (χ2n) is 7.99. The number of fused-ring (bicyclic) bond motifs is 2. The summed E-state index contributed by atoms with van der Waals surface area (Å²) < 4.78 is 42.5. The van der Waals surface area contributed by atoms with Crippen LogP contribution in [0.1, 0.15) is 0 Å². The number of alkyl halides is 1. The number of piperazine rings is 1. The van der Waals surface area contributed by atoms with Gasteiger partial charge < -0.3 is 10.2 Å². The van der Waals surface area contributed by atoms with Crippen LogP contribution < -0.4 is 14.5 Å². The van der Waals surface area contributed by atoms with Crippen LogP contribution in [0.3, 0.4) is 0 Å². The van der Waals surface area contributed by atoms with Crippen LogP contribution in [0.25, 0.3) is 21.7 Å². The molecule has 0 radical (unpaired) electrons. The molecular weight excluding hydrogens is 477 g/mol. The van der Waals surface area contributed by atoms with Gasteiger partial charge in [-0.05, 0) is 35.7 Å². The molecule has 0 aliphatic carbocycles. The minimum absolute atomic E-state index is 0.0436. The third-order valence-electron chi connectivity index (χ3n) is 5.88. The molecule has 0 atom stereocenters. The summed E-state index contributed by atoms with van der Waals surface area (Å²) in [7, 11) is -4.13. The van der Waals surface area contributed by atoms with Crippen LogP contribution in [0.5, 0.6) is 0 Å². The molecule has 1 aliphatic heterocycles. The van der Waals surface area contributed by atoms with E-state index < -0.39 is 16.7 Å². The van der Waals surface area contributed by atoms with E-state index in [-0.39, 0.29) is 17.3 Å². The lowest BCUT2D eigenvalue weighted by atomic mass is 10.1. The number of halogens is 2. The Balaban J connectivity index is 1.67. The van der Waals surface area contributed by atoms with E-state index in [1.807, 2.05) is 17.0 Å². The minimum atomic E-state index is -4.13. The molecule has 0 saturated carbocycles. The Hall–Kier alpha value is -3.01. The molecule has 0 bridgehead atoms. The van der Waals surface area contributed by atoms with Crippen molar-refractivity contribution in [3.8, 4) is 0 Å². The number of benzene rings is 3. The fraction of sp³-hybridized carbons (Fsp3) is 0.250. The van der Waals surface area contributed by atoms with Crippen molar-refractivity contribution in [2.24, 2.45) is 0 Å². The van der Waals surface area contributed by atoms with Crippen LogP contribution in [0.4, 0.5) is 16.2 Å². The van der Waals surface area contributed by atoms with Crippen molar-refractivity contribution in [2.75, 3.05) is 48.6 Å². The first-order valence-corrected chi connectivity index (χ1v) is 12.8. The zero-order valence-corrected chi connectivity index (χ0v) is 19.9. The van der Waals surface area contributed by atoms with Crippen molar-refractivity contribution in [1.29, 1.82) is 0 Å². The zero-order chi connectivity index (χ0) is 23.7. The molecule has 10 heteroatoms. The van der Waals surface area contributed by atoms with Crippen LogP contribution in [0.2, 0.25) is 5.02 Å². The highest BCUT2D eigenvalue weighted by Gasteiger charge is 2.29. The van der Waals surface area contributed by atoms with Gasteiger partial charge in [-0.25, -0.2) is 22.1 Å². The SMILES string of the molecule is O=S(=O)(c1ccc2c(Cl)cccc2c1)N(CCF)c1nc(N2CCNCC2)nc2ccccc12. The standard InChI is InChI=1S/C24H23ClFN5O2S/c25-21-6-3-4-17-16-18(8-9-19(17)21)34(32,33)31(13-10-26)23-20-5-1-2-7-22(20)28-24(29-23)30-14-11-27-12-15-30/h1-9,16,27H,10-15H2. The molecule has 1 aromatic heterocycles. The van der Waals surface area contributed by atoms with E-state index in [0.717, 1.165) is 22.8 Å². The molecule has 3 aromatic carbocycles. The van der Waals surface area contributed by atoms with Crippen LogP contribution in [-0.2, 0) is 10.0 Å². The highest BCUT2D eigenvalue weighted by molar-refractivity contribution is 7.92. The Morgan fingerprint density at radius 2 is 1.79 bits per heavy atom. The van der Waals surface area contributed by atoms with E-state index in [9.17, 15) is 12.8 Å². The number of aromatic nitrogens is 2. The third kappa shape index (κ3) is 4.15. The van der Waals surface area contributed by atoms with Crippen molar-refractivity contribution in [3.63, 3.8) is 0 Å². The Morgan fingerprint density at radius 3 is 2.59 bits per heavy atom. The number of sulfonamides is 1. The predicted molar refractivity (Wildman–Crippen MR) is 134 cm³/mol. The van der Waals surface area contributed by atoms with Crippen molar-refractivity contribution in [2.45, 2.75) is 4.90 Å². The maximum atomic E-state index is 13.8.